The van der Waals surface area contributed by atoms with Gasteiger partial charge in [-0.1, -0.05) is 11.5 Å². The summed E-state index contributed by atoms with van der Waals surface area (Å²) in [5, 5.41) is 0. The van der Waals surface area contributed by atoms with Gasteiger partial charge in [-0.15, -0.1) is 0 Å². The second kappa shape index (κ2) is 6.95. The quantitative estimate of drug-likeness (QED) is 0.848. The molecular weight excluding hydrogens is 331 g/mol. The molecule has 1 heterocycles. The van der Waals surface area contributed by atoms with E-state index in [0.717, 1.165) is 28.7 Å². The van der Waals surface area contributed by atoms with E-state index in [-0.39, 0.29) is 23.2 Å². The molecule has 0 spiro atoms. The van der Waals surface area contributed by atoms with Gasteiger partial charge in [-0.3, -0.25) is 9.59 Å². The molecule has 0 bridgehead atoms. The number of nitrogens with two attached hydrogens (primary N) is 1. The Morgan fingerprint density at radius 2 is 2.12 bits per heavy atom. The highest BCUT2D eigenvalue weighted by molar-refractivity contribution is 5.97. The topological polar surface area (TPSA) is 63.4 Å². The molecule has 2 aliphatic rings. The van der Waals surface area contributed by atoms with Crippen molar-refractivity contribution in [3.8, 4) is 11.8 Å². The first-order valence-corrected chi connectivity index (χ1v) is 8.85. The number of amides is 2. The molecule has 1 aromatic rings. The maximum absolute atomic E-state index is 14.9. The summed E-state index contributed by atoms with van der Waals surface area (Å²) in [5.41, 5.74) is 10.2. The molecule has 1 aromatic carbocycles. The molecule has 1 aliphatic carbocycles. The molecule has 1 fully saturated rings. The van der Waals surface area contributed by atoms with Crippen molar-refractivity contribution < 1.29 is 14.0 Å². The van der Waals surface area contributed by atoms with Crippen LogP contribution in [0.1, 0.15) is 54.2 Å². The number of carbonyl (C=O) groups excluding carboxylic acids is 2. The number of nitrogens with zero attached hydrogens (tertiary/aromatic N) is 1. The van der Waals surface area contributed by atoms with Crippen molar-refractivity contribution >= 4 is 17.4 Å². The molecule has 1 atom stereocenters. The van der Waals surface area contributed by atoms with E-state index in [1.54, 1.807) is 11.8 Å². The van der Waals surface area contributed by atoms with E-state index < -0.39 is 5.91 Å². The molecule has 2 amide bonds. The number of rotatable bonds is 3. The second-order valence-corrected chi connectivity index (χ2v) is 7.17. The highest BCUT2D eigenvalue weighted by atomic mass is 19.1. The summed E-state index contributed by atoms with van der Waals surface area (Å²) in [6.07, 6.45) is 2.00. The fourth-order valence-corrected chi connectivity index (χ4v) is 4.06. The number of fused-ring (bicyclic) bond motifs is 1. The van der Waals surface area contributed by atoms with E-state index in [4.69, 9.17) is 5.73 Å². The Bertz CT molecular complexity index is 889. The number of hydrogen-bond acceptors (Lipinski definition) is 2. The van der Waals surface area contributed by atoms with Crippen molar-refractivity contribution in [3.63, 3.8) is 0 Å². The Morgan fingerprint density at radius 3 is 2.77 bits per heavy atom. The Morgan fingerprint density at radius 1 is 1.38 bits per heavy atom. The van der Waals surface area contributed by atoms with E-state index in [9.17, 15) is 14.0 Å². The molecule has 0 aromatic heterocycles. The zero-order valence-electron chi connectivity index (χ0n) is 15.4. The molecule has 4 nitrogen and oxygen atoms in total. The molecule has 0 radical (unpaired) electrons. The Balaban J connectivity index is 1.92. The summed E-state index contributed by atoms with van der Waals surface area (Å²) in [4.78, 5) is 25.4. The summed E-state index contributed by atoms with van der Waals surface area (Å²) in [7, 11) is 0. The van der Waals surface area contributed by atoms with Gasteiger partial charge in [0.05, 0.1) is 0 Å². The number of carbonyl (C=O) groups is 2. The minimum absolute atomic E-state index is 0.170. The lowest BCUT2D eigenvalue weighted by atomic mass is 9.88. The first kappa shape index (κ1) is 18.2. The van der Waals surface area contributed by atoms with Gasteiger partial charge in [-0.05, 0) is 80.2 Å². The SMILES string of the molecule is CC#CC(=O)N1CCC(Cc2c(F)cc(C(N)=O)c3c2C(C)=C(C)C3)C1. The van der Waals surface area contributed by atoms with Gasteiger partial charge in [-0.2, -0.15) is 0 Å². The lowest BCUT2D eigenvalue weighted by Crippen LogP contribution is -2.27. The Kier molecular flexibility index (Phi) is 4.86. The molecule has 2 N–H and O–H groups in total. The van der Waals surface area contributed by atoms with Crippen LogP contribution in [0.25, 0.3) is 5.57 Å². The number of primary amides is 1. The predicted octanol–water partition coefficient (Wildman–Crippen LogP) is 2.69. The number of hydrogen-bond donors (Lipinski definition) is 1. The third-order valence-corrected chi connectivity index (χ3v) is 5.51. The van der Waals surface area contributed by atoms with Gasteiger partial charge < -0.3 is 10.6 Å². The molecule has 0 saturated carbocycles. The predicted molar refractivity (Wildman–Crippen MR) is 98.7 cm³/mol. The molecule has 5 heteroatoms. The van der Waals surface area contributed by atoms with Crippen molar-refractivity contribution in [2.24, 2.45) is 11.7 Å². The van der Waals surface area contributed by atoms with Crippen molar-refractivity contribution in [1.82, 2.24) is 4.90 Å². The van der Waals surface area contributed by atoms with E-state index >= 15 is 0 Å². The van der Waals surface area contributed by atoms with Crippen LogP contribution in [0.2, 0.25) is 0 Å². The molecule has 26 heavy (non-hydrogen) atoms. The lowest BCUT2D eigenvalue weighted by Gasteiger charge is -2.18. The van der Waals surface area contributed by atoms with Gasteiger partial charge in [0.15, 0.2) is 0 Å². The average molecular weight is 354 g/mol. The third-order valence-electron chi connectivity index (χ3n) is 5.51. The number of likely N-dealkylation sites (tertiary alicyclic amines) is 1. The summed E-state index contributed by atoms with van der Waals surface area (Å²) < 4.78 is 14.9. The van der Waals surface area contributed by atoms with E-state index in [1.165, 1.54) is 6.07 Å². The zero-order chi connectivity index (χ0) is 19.0. The maximum Gasteiger partial charge on any atom is 0.298 e. The molecule has 1 saturated heterocycles. The first-order chi connectivity index (χ1) is 12.3. The second-order valence-electron chi connectivity index (χ2n) is 7.17. The molecule has 1 aliphatic heterocycles. The summed E-state index contributed by atoms with van der Waals surface area (Å²) in [6.45, 7) is 6.84. The molecular formula is C21H23FN2O2. The zero-order valence-corrected chi connectivity index (χ0v) is 15.4. The monoisotopic (exact) mass is 354 g/mol. The summed E-state index contributed by atoms with van der Waals surface area (Å²) in [5.74, 6) is 4.23. The third kappa shape index (κ3) is 3.12. The van der Waals surface area contributed by atoms with Crippen molar-refractivity contribution in [1.29, 1.82) is 0 Å². The molecule has 1 unspecified atom stereocenters. The van der Waals surface area contributed by atoms with Crippen molar-refractivity contribution in [3.05, 3.63) is 39.7 Å². The highest BCUT2D eigenvalue weighted by Crippen LogP contribution is 2.39. The van der Waals surface area contributed by atoms with Crippen LogP contribution in [0.4, 0.5) is 4.39 Å². The van der Waals surface area contributed by atoms with Gasteiger partial charge in [0.1, 0.15) is 5.82 Å². The lowest BCUT2D eigenvalue weighted by molar-refractivity contribution is -0.124. The minimum Gasteiger partial charge on any atom is -0.366 e. The van der Waals surface area contributed by atoms with E-state index in [0.29, 0.717) is 31.5 Å². The fourth-order valence-electron chi connectivity index (χ4n) is 4.06. The highest BCUT2D eigenvalue weighted by Gasteiger charge is 2.31. The van der Waals surface area contributed by atoms with Crippen LogP contribution in [0.15, 0.2) is 11.6 Å². The summed E-state index contributed by atoms with van der Waals surface area (Å²) >= 11 is 0. The van der Waals surface area contributed by atoms with Gasteiger partial charge in [-0.25, -0.2) is 4.39 Å². The maximum atomic E-state index is 14.9. The average Bonchev–Trinajstić information content (AvgIpc) is 3.16. The van der Waals surface area contributed by atoms with Crippen LogP contribution >= 0.6 is 0 Å². The van der Waals surface area contributed by atoms with E-state index in [2.05, 4.69) is 11.8 Å². The number of allylic oxidation sites excluding steroid dienone is 2. The van der Waals surface area contributed by atoms with Crippen LogP contribution in [-0.2, 0) is 17.6 Å². The summed E-state index contributed by atoms with van der Waals surface area (Å²) in [6, 6.07) is 1.28. The molecule has 136 valence electrons. The van der Waals surface area contributed by atoms with Crippen LogP contribution in [0, 0.1) is 23.6 Å². The number of benzene rings is 1. The minimum atomic E-state index is -0.593. The van der Waals surface area contributed by atoms with Gasteiger partial charge in [0.25, 0.3) is 5.91 Å². The largest absolute Gasteiger partial charge is 0.366 e. The van der Waals surface area contributed by atoms with Crippen molar-refractivity contribution in [2.45, 2.75) is 40.0 Å². The number of halogens is 1. The molecule has 3 rings (SSSR count). The standard InChI is InChI=1S/C21H23FN2O2/c1-4-5-19(25)24-7-6-14(11-24)9-17-18(22)10-16(21(23)26)15-8-12(2)13(3)20(15)17/h10,14H,6-9,11H2,1-3H3,(H2,23,26). The van der Waals surface area contributed by atoms with Gasteiger partial charge in [0.2, 0.25) is 5.91 Å². The first-order valence-electron chi connectivity index (χ1n) is 8.85. The van der Waals surface area contributed by atoms with Gasteiger partial charge >= 0.3 is 0 Å². The van der Waals surface area contributed by atoms with E-state index in [1.807, 2.05) is 13.8 Å². The van der Waals surface area contributed by atoms with Crippen molar-refractivity contribution in [2.75, 3.05) is 13.1 Å². The smallest absolute Gasteiger partial charge is 0.298 e. The Hall–Kier alpha value is -2.61. The normalized spacial score (nSPS) is 18.6. The van der Waals surface area contributed by atoms with Crippen LogP contribution in [0.3, 0.4) is 0 Å². The van der Waals surface area contributed by atoms with Crippen LogP contribution in [-0.4, -0.2) is 29.8 Å². The van der Waals surface area contributed by atoms with Crippen LogP contribution in [0.5, 0.6) is 0 Å². The Labute approximate surface area is 153 Å². The van der Waals surface area contributed by atoms with Gasteiger partial charge in [0, 0.05) is 18.7 Å². The van der Waals surface area contributed by atoms with Crippen LogP contribution < -0.4 is 5.73 Å². The fraction of sp³-hybridized carbons (Fsp3) is 0.429.